The fourth-order valence-corrected chi connectivity index (χ4v) is 2.82. The van der Waals surface area contributed by atoms with Crippen LogP contribution >= 0.6 is 0 Å². The SMILES string of the molecule is CCCNC(C1=CCCCCCC1)c1cnn(C)c1. The first-order valence-electron chi connectivity index (χ1n) is 7.72. The van der Waals surface area contributed by atoms with Gasteiger partial charge in [0.2, 0.25) is 0 Å². The molecule has 19 heavy (non-hydrogen) atoms. The highest BCUT2D eigenvalue weighted by Crippen LogP contribution is 2.28. The van der Waals surface area contributed by atoms with E-state index in [0.717, 1.165) is 6.54 Å². The van der Waals surface area contributed by atoms with Crippen LogP contribution in [-0.4, -0.2) is 16.3 Å². The summed E-state index contributed by atoms with van der Waals surface area (Å²) >= 11 is 0. The molecule has 0 saturated heterocycles. The standard InChI is InChI=1S/C16H27N3/c1-3-11-17-16(15-12-18-19(2)13-15)14-9-7-5-4-6-8-10-14/h9,12-13,16-17H,3-8,10-11H2,1-2H3. The minimum atomic E-state index is 0.367. The molecule has 106 valence electrons. The zero-order valence-corrected chi connectivity index (χ0v) is 12.4. The molecular weight excluding hydrogens is 234 g/mol. The van der Waals surface area contributed by atoms with Crippen LogP contribution < -0.4 is 5.32 Å². The van der Waals surface area contributed by atoms with Crippen LogP contribution in [0.2, 0.25) is 0 Å². The average Bonchev–Trinajstić information content (AvgIpc) is 2.78. The molecule has 0 spiro atoms. The molecular formula is C16H27N3. The molecule has 1 aromatic rings. The minimum absolute atomic E-state index is 0.367. The van der Waals surface area contributed by atoms with E-state index in [1.165, 1.54) is 50.5 Å². The molecule has 0 aliphatic heterocycles. The van der Waals surface area contributed by atoms with Crippen molar-refractivity contribution in [3.63, 3.8) is 0 Å². The summed E-state index contributed by atoms with van der Waals surface area (Å²) in [5.41, 5.74) is 2.88. The third kappa shape index (κ3) is 4.20. The van der Waals surface area contributed by atoms with Crippen molar-refractivity contribution in [3.8, 4) is 0 Å². The van der Waals surface area contributed by atoms with Gasteiger partial charge >= 0.3 is 0 Å². The van der Waals surface area contributed by atoms with Crippen molar-refractivity contribution in [2.45, 2.75) is 57.9 Å². The summed E-state index contributed by atoms with van der Waals surface area (Å²) in [7, 11) is 1.99. The smallest absolute Gasteiger partial charge is 0.0567 e. The van der Waals surface area contributed by atoms with Gasteiger partial charge in [0.05, 0.1) is 12.2 Å². The van der Waals surface area contributed by atoms with Gasteiger partial charge in [0, 0.05) is 18.8 Å². The van der Waals surface area contributed by atoms with E-state index in [2.05, 4.69) is 29.6 Å². The van der Waals surface area contributed by atoms with E-state index >= 15 is 0 Å². The summed E-state index contributed by atoms with van der Waals surface area (Å²) in [4.78, 5) is 0. The molecule has 1 aromatic heterocycles. The molecule has 3 nitrogen and oxygen atoms in total. The van der Waals surface area contributed by atoms with Gasteiger partial charge in [0.15, 0.2) is 0 Å². The van der Waals surface area contributed by atoms with Crippen LogP contribution in [0.3, 0.4) is 0 Å². The number of aryl methyl sites for hydroxylation is 1. The Morgan fingerprint density at radius 2 is 2.16 bits per heavy atom. The normalized spacial score (nSPS) is 18.5. The number of allylic oxidation sites excluding steroid dienone is 1. The van der Waals surface area contributed by atoms with Crippen molar-refractivity contribution in [2.24, 2.45) is 7.05 Å². The molecule has 1 atom stereocenters. The molecule has 1 aliphatic rings. The number of nitrogens with one attached hydrogen (secondary N) is 1. The Balaban J connectivity index is 2.15. The van der Waals surface area contributed by atoms with Gasteiger partial charge in [-0.25, -0.2) is 0 Å². The van der Waals surface area contributed by atoms with Gasteiger partial charge in [-0.05, 0) is 38.6 Å². The van der Waals surface area contributed by atoms with Crippen LogP contribution in [0.5, 0.6) is 0 Å². The van der Waals surface area contributed by atoms with E-state index in [-0.39, 0.29) is 0 Å². The first kappa shape index (κ1) is 14.3. The summed E-state index contributed by atoms with van der Waals surface area (Å²) in [6.07, 6.45) is 15.7. The summed E-state index contributed by atoms with van der Waals surface area (Å²) in [6.45, 7) is 3.29. The predicted octanol–water partition coefficient (Wildman–Crippen LogP) is 3.74. The Morgan fingerprint density at radius 1 is 1.32 bits per heavy atom. The first-order chi connectivity index (χ1) is 9.31. The monoisotopic (exact) mass is 261 g/mol. The molecule has 3 heteroatoms. The van der Waals surface area contributed by atoms with E-state index < -0.39 is 0 Å². The molecule has 0 fully saturated rings. The molecule has 0 amide bonds. The van der Waals surface area contributed by atoms with Crippen molar-refractivity contribution in [3.05, 3.63) is 29.6 Å². The van der Waals surface area contributed by atoms with E-state index in [9.17, 15) is 0 Å². The van der Waals surface area contributed by atoms with Crippen molar-refractivity contribution in [1.82, 2.24) is 15.1 Å². The van der Waals surface area contributed by atoms with Gasteiger partial charge in [0.25, 0.3) is 0 Å². The van der Waals surface area contributed by atoms with E-state index in [1.54, 1.807) is 5.57 Å². The quantitative estimate of drug-likeness (QED) is 0.818. The fraction of sp³-hybridized carbons (Fsp3) is 0.688. The van der Waals surface area contributed by atoms with Crippen LogP contribution in [-0.2, 0) is 7.05 Å². The van der Waals surface area contributed by atoms with Gasteiger partial charge < -0.3 is 5.32 Å². The molecule has 0 bridgehead atoms. The van der Waals surface area contributed by atoms with Crippen LogP contribution in [0.25, 0.3) is 0 Å². The Hall–Kier alpha value is -1.09. The Morgan fingerprint density at radius 3 is 2.89 bits per heavy atom. The van der Waals surface area contributed by atoms with Gasteiger partial charge in [-0.1, -0.05) is 31.4 Å². The first-order valence-corrected chi connectivity index (χ1v) is 7.72. The maximum absolute atomic E-state index is 4.33. The summed E-state index contributed by atoms with van der Waals surface area (Å²) in [5.74, 6) is 0. The van der Waals surface area contributed by atoms with Crippen molar-refractivity contribution < 1.29 is 0 Å². The highest BCUT2D eigenvalue weighted by atomic mass is 15.2. The van der Waals surface area contributed by atoms with Crippen molar-refractivity contribution in [1.29, 1.82) is 0 Å². The van der Waals surface area contributed by atoms with Gasteiger partial charge in [0.1, 0.15) is 0 Å². The fourth-order valence-electron chi connectivity index (χ4n) is 2.82. The van der Waals surface area contributed by atoms with Gasteiger partial charge in [-0.15, -0.1) is 0 Å². The van der Waals surface area contributed by atoms with E-state index in [1.807, 2.05) is 17.9 Å². The molecule has 2 rings (SSSR count). The third-order valence-electron chi connectivity index (χ3n) is 3.85. The lowest BCUT2D eigenvalue weighted by molar-refractivity contribution is 0.540. The van der Waals surface area contributed by atoms with Crippen LogP contribution in [0.1, 0.15) is 63.5 Å². The second kappa shape index (κ2) is 7.49. The number of aromatic nitrogens is 2. The second-order valence-corrected chi connectivity index (χ2v) is 5.57. The molecule has 0 radical (unpaired) electrons. The van der Waals surface area contributed by atoms with Crippen LogP contribution in [0, 0.1) is 0 Å². The maximum atomic E-state index is 4.33. The highest BCUT2D eigenvalue weighted by molar-refractivity contribution is 5.24. The predicted molar refractivity (Wildman–Crippen MR) is 80.0 cm³/mol. The third-order valence-corrected chi connectivity index (χ3v) is 3.85. The molecule has 1 unspecified atom stereocenters. The van der Waals surface area contributed by atoms with Gasteiger partial charge in [-0.2, -0.15) is 5.10 Å². The molecule has 1 heterocycles. The largest absolute Gasteiger partial charge is 0.306 e. The zero-order valence-electron chi connectivity index (χ0n) is 12.4. The Labute approximate surface area is 117 Å². The second-order valence-electron chi connectivity index (χ2n) is 5.57. The molecule has 1 N–H and O–H groups in total. The topological polar surface area (TPSA) is 29.9 Å². The zero-order chi connectivity index (χ0) is 13.5. The number of nitrogens with zero attached hydrogens (tertiary/aromatic N) is 2. The van der Waals surface area contributed by atoms with E-state index in [4.69, 9.17) is 0 Å². The summed E-state index contributed by atoms with van der Waals surface area (Å²) < 4.78 is 1.90. The summed E-state index contributed by atoms with van der Waals surface area (Å²) in [5, 5.41) is 8.03. The van der Waals surface area contributed by atoms with Crippen molar-refractivity contribution >= 4 is 0 Å². The lowest BCUT2D eigenvalue weighted by Gasteiger charge is -2.22. The molecule has 0 aromatic carbocycles. The average molecular weight is 261 g/mol. The molecule has 0 saturated carbocycles. The Bertz CT molecular complexity index is 406. The lowest BCUT2D eigenvalue weighted by atomic mass is 9.92. The van der Waals surface area contributed by atoms with E-state index in [0.29, 0.717) is 6.04 Å². The minimum Gasteiger partial charge on any atom is -0.306 e. The lowest BCUT2D eigenvalue weighted by Crippen LogP contribution is -2.24. The Kier molecular flexibility index (Phi) is 5.64. The van der Waals surface area contributed by atoms with Crippen molar-refractivity contribution in [2.75, 3.05) is 6.54 Å². The number of rotatable bonds is 5. The van der Waals surface area contributed by atoms with Gasteiger partial charge in [-0.3, -0.25) is 4.68 Å². The molecule has 1 aliphatic carbocycles. The maximum Gasteiger partial charge on any atom is 0.0567 e. The van der Waals surface area contributed by atoms with Crippen LogP contribution in [0.4, 0.5) is 0 Å². The summed E-state index contributed by atoms with van der Waals surface area (Å²) in [6, 6.07) is 0.367. The highest BCUT2D eigenvalue weighted by Gasteiger charge is 2.17. The number of hydrogen-bond donors (Lipinski definition) is 1. The number of hydrogen-bond acceptors (Lipinski definition) is 2. The van der Waals surface area contributed by atoms with Crippen LogP contribution in [0.15, 0.2) is 24.0 Å².